The Hall–Kier alpha value is -4.47. The molecule has 2 atom stereocenters. The van der Waals surface area contributed by atoms with Gasteiger partial charge in [-0.05, 0) is 56.2 Å². The van der Waals surface area contributed by atoms with Crippen LogP contribution in [-0.4, -0.2) is 64.4 Å². The van der Waals surface area contributed by atoms with Gasteiger partial charge in [-0.3, -0.25) is 24.4 Å². The minimum atomic E-state index is -4.56. The number of rotatable bonds is 6. The fraction of sp³-hybridized carbons (Fsp3) is 0.355. The zero-order valence-electron chi connectivity index (χ0n) is 24.4. The molecule has 0 spiro atoms. The van der Waals surface area contributed by atoms with Gasteiger partial charge in [0.15, 0.2) is 0 Å². The van der Waals surface area contributed by atoms with Crippen molar-refractivity contribution in [1.29, 1.82) is 0 Å². The van der Waals surface area contributed by atoms with E-state index in [4.69, 9.17) is 6.42 Å². The molecule has 2 unspecified atom stereocenters. The van der Waals surface area contributed by atoms with Crippen LogP contribution in [0.15, 0.2) is 48.8 Å². The molecule has 6 rings (SSSR count). The van der Waals surface area contributed by atoms with Gasteiger partial charge < -0.3 is 10.2 Å². The number of terminal acetylenes is 1. The molecular formula is C31H33F3N8O. The number of amides is 1. The standard InChI is InChI=1S/C31H33F3N8O/c1-6-9-40-16-26-14-25(40)17-41(26)24-12-22(31(32,33)34)11-23(13-24)36-30(43)21-8-7-19(2)28(10-21)42-18-29(39(5)37-42)27-15-35-38(4)20(27)3/h1,7-8,10-13,15,18,25-26,37H,9,14,16-17H2,2-5H3,(H,36,43). The average molecular weight is 591 g/mol. The van der Waals surface area contributed by atoms with Gasteiger partial charge in [0.05, 0.1) is 29.7 Å². The molecule has 0 aliphatic carbocycles. The first kappa shape index (κ1) is 28.6. The Balaban J connectivity index is 1.25. The van der Waals surface area contributed by atoms with Crippen molar-refractivity contribution in [2.45, 2.75) is 38.5 Å². The Morgan fingerprint density at radius 2 is 1.93 bits per heavy atom. The molecule has 12 heteroatoms. The minimum absolute atomic E-state index is 0.0736. The van der Waals surface area contributed by atoms with Crippen molar-refractivity contribution < 1.29 is 18.0 Å². The third-order valence-corrected chi connectivity index (χ3v) is 8.60. The fourth-order valence-electron chi connectivity index (χ4n) is 6.18. The Bertz CT molecular complexity index is 1660. The van der Waals surface area contributed by atoms with Gasteiger partial charge in [-0.25, -0.2) is 0 Å². The van der Waals surface area contributed by atoms with Crippen molar-refractivity contribution in [3.05, 3.63) is 76.7 Å². The zero-order chi connectivity index (χ0) is 30.6. The van der Waals surface area contributed by atoms with E-state index in [1.807, 2.05) is 55.1 Å². The van der Waals surface area contributed by atoms with Crippen LogP contribution >= 0.6 is 0 Å². The Morgan fingerprint density at radius 3 is 2.58 bits per heavy atom. The molecule has 224 valence electrons. The number of carbonyl (C=O) groups excluding carboxylic acids is 1. The van der Waals surface area contributed by atoms with Gasteiger partial charge in [0.25, 0.3) is 5.91 Å². The van der Waals surface area contributed by atoms with E-state index in [1.165, 1.54) is 0 Å². The number of aryl methyl sites for hydroxylation is 2. The Labute approximate surface area is 248 Å². The van der Waals surface area contributed by atoms with Crippen molar-refractivity contribution in [3.8, 4) is 12.3 Å². The molecule has 43 heavy (non-hydrogen) atoms. The first-order chi connectivity index (χ1) is 20.4. The van der Waals surface area contributed by atoms with Gasteiger partial charge in [-0.15, -0.1) is 12.0 Å². The lowest BCUT2D eigenvalue weighted by Crippen LogP contribution is -2.46. The van der Waals surface area contributed by atoms with Gasteiger partial charge in [0.2, 0.25) is 0 Å². The van der Waals surface area contributed by atoms with E-state index in [2.05, 4.69) is 26.8 Å². The van der Waals surface area contributed by atoms with E-state index in [-0.39, 0.29) is 17.8 Å². The molecule has 2 fully saturated rings. The SMILES string of the molecule is C#CCN1CC2CC1CN2c1cc(NC(=O)c2ccc(C)c(N3C=C(c4cnn(C)c4C)N(C)N3)c2)cc(C(F)(F)F)c1. The van der Waals surface area contributed by atoms with E-state index < -0.39 is 17.6 Å². The highest BCUT2D eigenvalue weighted by Crippen LogP contribution is 2.39. The van der Waals surface area contributed by atoms with E-state index in [0.717, 1.165) is 46.8 Å². The van der Waals surface area contributed by atoms with E-state index >= 15 is 0 Å². The number of anilines is 3. The van der Waals surface area contributed by atoms with Crippen molar-refractivity contribution >= 4 is 28.7 Å². The molecule has 2 saturated heterocycles. The Kier molecular flexibility index (Phi) is 7.10. The van der Waals surface area contributed by atoms with Crippen LogP contribution in [0.2, 0.25) is 0 Å². The molecule has 3 aliphatic rings. The van der Waals surface area contributed by atoms with Crippen molar-refractivity contribution in [2.75, 3.05) is 41.9 Å². The molecule has 0 saturated carbocycles. The maximum absolute atomic E-state index is 13.9. The van der Waals surface area contributed by atoms with Crippen LogP contribution in [0.1, 0.15) is 39.2 Å². The van der Waals surface area contributed by atoms with Crippen molar-refractivity contribution in [1.82, 2.24) is 25.2 Å². The molecule has 4 heterocycles. The largest absolute Gasteiger partial charge is 0.416 e. The topological polar surface area (TPSA) is 71.9 Å². The molecule has 2 bridgehead atoms. The van der Waals surface area contributed by atoms with Gasteiger partial charge in [0.1, 0.15) is 0 Å². The van der Waals surface area contributed by atoms with Gasteiger partial charge >= 0.3 is 6.18 Å². The summed E-state index contributed by atoms with van der Waals surface area (Å²) in [6.07, 6.45) is 5.48. The lowest BCUT2D eigenvalue weighted by molar-refractivity contribution is -0.137. The number of nitrogens with zero attached hydrogens (tertiary/aromatic N) is 6. The number of aromatic nitrogens is 2. The first-order valence-corrected chi connectivity index (χ1v) is 14.0. The smallest absolute Gasteiger partial charge is 0.366 e. The normalized spacial score (nSPS) is 20.1. The maximum Gasteiger partial charge on any atom is 0.416 e. The number of likely N-dealkylation sites (tertiary alicyclic amines) is 1. The number of hydrogen-bond acceptors (Lipinski definition) is 7. The quantitative estimate of drug-likeness (QED) is 0.413. The lowest BCUT2D eigenvalue weighted by atomic mass is 10.1. The molecule has 3 aromatic rings. The summed E-state index contributed by atoms with van der Waals surface area (Å²) in [4.78, 5) is 17.6. The summed E-state index contributed by atoms with van der Waals surface area (Å²) >= 11 is 0. The molecule has 0 radical (unpaired) electrons. The number of carbonyl (C=O) groups is 1. The van der Waals surface area contributed by atoms with E-state index in [0.29, 0.717) is 30.9 Å². The molecule has 1 aromatic heterocycles. The number of alkyl halides is 3. The molecule has 9 nitrogen and oxygen atoms in total. The summed E-state index contributed by atoms with van der Waals surface area (Å²) in [6.45, 7) is 5.73. The van der Waals surface area contributed by atoms with Crippen LogP contribution in [0.3, 0.4) is 0 Å². The minimum Gasteiger partial charge on any atom is -0.366 e. The van der Waals surface area contributed by atoms with Gasteiger partial charge in [-0.2, -0.15) is 18.3 Å². The number of halogens is 3. The Morgan fingerprint density at radius 1 is 1.14 bits per heavy atom. The maximum atomic E-state index is 13.9. The third kappa shape index (κ3) is 5.30. The molecule has 2 aromatic carbocycles. The average Bonchev–Trinajstić information content (AvgIpc) is 3.73. The van der Waals surface area contributed by atoms with Crippen LogP contribution in [0, 0.1) is 26.2 Å². The number of nitrogens with one attached hydrogen (secondary N) is 2. The summed E-state index contributed by atoms with van der Waals surface area (Å²) in [6, 6.07) is 9.24. The number of fused-ring (bicyclic) bond motifs is 2. The number of hydrogen-bond donors (Lipinski definition) is 2. The van der Waals surface area contributed by atoms with Gasteiger partial charge in [0, 0.05) is 73.7 Å². The van der Waals surface area contributed by atoms with E-state index in [1.54, 1.807) is 29.1 Å². The van der Waals surface area contributed by atoms with Crippen LogP contribution in [0.5, 0.6) is 0 Å². The monoisotopic (exact) mass is 590 g/mol. The first-order valence-electron chi connectivity index (χ1n) is 14.0. The van der Waals surface area contributed by atoms with Crippen LogP contribution in [0.25, 0.3) is 5.70 Å². The summed E-state index contributed by atoms with van der Waals surface area (Å²) in [5.41, 5.74) is 7.79. The molecule has 1 amide bonds. The second-order valence-corrected chi connectivity index (χ2v) is 11.4. The summed E-state index contributed by atoms with van der Waals surface area (Å²) in [5, 5.41) is 10.7. The summed E-state index contributed by atoms with van der Waals surface area (Å²) in [7, 11) is 3.76. The summed E-state index contributed by atoms with van der Waals surface area (Å²) in [5.74, 6) is 2.15. The highest BCUT2D eigenvalue weighted by Gasteiger charge is 2.43. The predicted molar refractivity (Wildman–Crippen MR) is 160 cm³/mol. The van der Waals surface area contributed by atoms with Crippen molar-refractivity contribution in [3.63, 3.8) is 0 Å². The summed E-state index contributed by atoms with van der Waals surface area (Å²) < 4.78 is 43.6. The zero-order valence-corrected chi connectivity index (χ0v) is 24.4. The number of piperazine rings is 1. The highest BCUT2D eigenvalue weighted by molar-refractivity contribution is 6.05. The van der Waals surface area contributed by atoms with Crippen LogP contribution in [0.4, 0.5) is 30.2 Å². The van der Waals surface area contributed by atoms with E-state index in [9.17, 15) is 18.0 Å². The third-order valence-electron chi connectivity index (χ3n) is 8.60. The second kappa shape index (κ2) is 10.7. The van der Waals surface area contributed by atoms with Crippen LogP contribution < -0.4 is 20.8 Å². The van der Waals surface area contributed by atoms with Crippen molar-refractivity contribution in [2.24, 2.45) is 7.05 Å². The van der Waals surface area contributed by atoms with Gasteiger partial charge in [-0.1, -0.05) is 12.0 Å². The van der Waals surface area contributed by atoms with Crippen LogP contribution in [-0.2, 0) is 13.2 Å². The fourth-order valence-corrected chi connectivity index (χ4v) is 6.18. The predicted octanol–water partition coefficient (Wildman–Crippen LogP) is 4.37. The molecule has 2 N–H and O–H groups in total. The molecule has 3 aliphatic heterocycles. The second-order valence-electron chi connectivity index (χ2n) is 11.4. The lowest BCUT2D eigenvalue weighted by Gasteiger charge is -2.35. The number of hydrazine groups is 2. The number of benzene rings is 2. The highest BCUT2D eigenvalue weighted by atomic mass is 19.4. The molecular weight excluding hydrogens is 557 g/mol.